The van der Waals surface area contributed by atoms with Gasteiger partial charge in [0.05, 0.1) is 12.7 Å². The molecule has 0 saturated heterocycles. The van der Waals surface area contributed by atoms with Crippen molar-refractivity contribution in [2.24, 2.45) is 0 Å². The minimum atomic E-state index is 0.642. The summed E-state index contributed by atoms with van der Waals surface area (Å²) in [6.07, 6.45) is 0. The Morgan fingerprint density at radius 2 is 1.88 bits per heavy atom. The summed E-state index contributed by atoms with van der Waals surface area (Å²) < 4.78 is 7.11. The number of nitrogens with one attached hydrogen (secondary N) is 1. The monoisotopic (exact) mass is 357 g/mol. The normalized spacial score (nSPS) is 10.9. The molecule has 0 radical (unpaired) electrons. The molecule has 0 aliphatic carbocycles. The van der Waals surface area contributed by atoms with Crippen molar-refractivity contribution in [1.82, 2.24) is 19.8 Å². The number of anilines is 2. The van der Waals surface area contributed by atoms with Crippen LogP contribution in [0.1, 0.15) is 0 Å². The quantitative estimate of drug-likeness (QED) is 0.591. The van der Waals surface area contributed by atoms with Crippen LogP contribution >= 0.6 is 22.9 Å². The zero-order valence-corrected chi connectivity index (χ0v) is 14.2. The van der Waals surface area contributed by atoms with Crippen LogP contribution in [0.4, 0.5) is 10.8 Å². The minimum Gasteiger partial charge on any atom is -0.496 e. The highest BCUT2D eigenvalue weighted by atomic mass is 35.5. The Balaban J connectivity index is 1.72. The summed E-state index contributed by atoms with van der Waals surface area (Å²) in [5, 5.41) is 17.6. The van der Waals surface area contributed by atoms with E-state index in [2.05, 4.69) is 20.6 Å². The molecule has 2 heterocycles. The lowest BCUT2D eigenvalue weighted by Crippen LogP contribution is -1.95. The van der Waals surface area contributed by atoms with E-state index in [1.807, 2.05) is 48.5 Å². The number of hydrogen-bond donors (Lipinski definition) is 1. The summed E-state index contributed by atoms with van der Waals surface area (Å²) in [6.45, 7) is 0. The average molecular weight is 358 g/mol. The maximum Gasteiger partial charge on any atom is 0.236 e. The number of para-hydroxylation sites is 1. The van der Waals surface area contributed by atoms with Crippen molar-refractivity contribution in [1.29, 1.82) is 0 Å². The SMILES string of the molecule is COc1ccccc1-c1nnc2sc(Nc3ccc(Cl)cc3)nn12. The predicted molar refractivity (Wildman–Crippen MR) is 95.4 cm³/mol. The number of hydrogen-bond acceptors (Lipinski definition) is 6. The second-order valence-electron chi connectivity index (χ2n) is 4.96. The molecule has 4 rings (SSSR count). The number of halogens is 1. The Morgan fingerprint density at radius 1 is 1.08 bits per heavy atom. The Labute approximate surface area is 146 Å². The maximum absolute atomic E-state index is 5.90. The van der Waals surface area contributed by atoms with Crippen molar-refractivity contribution in [3.63, 3.8) is 0 Å². The number of rotatable bonds is 4. The number of ether oxygens (including phenoxy) is 1. The minimum absolute atomic E-state index is 0.642. The highest BCUT2D eigenvalue weighted by Gasteiger charge is 2.16. The molecule has 0 aliphatic rings. The van der Waals surface area contributed by atoms with Crippen LogP contribution in [0.2, 0.25) is 5.02 Å². The summed E-state index contributed by atoms with van der Waals surface area (Å²) in [7, 11) is 1.63. The van der Waals surface area contributed by atoms with Crippen LogP contribution in [-0.2, 0) is 0 Å². The first kappa shape index (κ1) is 14.9. The maximum atomic E-state index is 5.90. The topological polar surface area (TPSA) is 64.3 Å². The molecule has 120 valence electrons. The van der Waals surface area contributed by atoms with E-state index in [-0.39, 0.29) is 0 Å². The van der Waals surface area contributed by atoms with Crippen LogP contribution in [0.25, 0.3) is 16.3 Å². The molecule has 8 heteroatoms. The third-order valence-electron chi connectivity index (χ3n) is 3.43. The molecule has 0 atom stereocenters. The lowest BCUT2D eigenvalue weighted by molar-refractivity contribution is 0.416. The molecule has 1 N–H and O–H groups in total. The standard InChI is InChI=1S/C16H12ClN5OS/c1-23-13-5-3-2-4-12(13)14-19-20-16-22(14)21-15(24-16)18-11-8-6-10(17)7-9-11/h2-9H,1H3,(H,18,21). The molecule has 24 heavy (non-hydrogen) atoms. The van der Waals surface area contributed by atoms with Crippen LogP contribution in [0, 0.1) is 0 Å². The number of nitrogens with zero attached hydrogens (tertiary/aromatic N) is 4. The first-order chi connectivity index (χ1) is 11.7. The van der Waals surface area contributed by atoms with Gasteiger partial charge < -0.3 is 10.1 Å². The molecule has 0 aliphatic heterocycles. The first-order valence-corrected chi connectivity index (χ1v) is 8.32. The van der Waals surface area contributed by atoms with E-state index >= 15 is 0 Å². The number of methoxy groups -OCH3 is 1. The second-order valence-corrected chi connectivity index (χ2v) is 6.35. The van der Waals surface area contributed by atoms with Gasteiger partial charge in [0.1, 0.15) is 5.75 Å². The van der Waals surface area contributed by atoms with Crippen LogP contribution < -0.4 is 10.1 Å². The molecule has 2 aromatic carbocycles. The van der Waals surface area contributed by atoms with Gasteiger partial charge in [-0.1, -0.05) is 35.1 Å². The van der Waals surface area contributed by atoms with Gasteiger partial charge >= 0.3 is 0 Å². The van der Waals surface area contributed by atoms with Gasteiger partial charge in [0, 0.05) is 10.7 Å². The molecule has 0 unspecified atom stereocenters. The van der Waals surface area contributed by atoms with E-state index in [0.29, 0.717) is 15.8 Å². The van der Waals surface area contributed by atoms with Crippen molar-refractivity contribution in [3.05, 3.63) is 53.6 Å². The van der Waals surface area contributed by atoms with Crippen LogP contribution in [0.3, 0.4) is 0 Å². The molecule has 0 amide bonds. The summed E-state index contributed by atoms with van der Waals surface area (Å²) in [5.74, 6) is 1.37. The Morgan fingerprint density at radius 3 is 2.67 bits per heavy atom. The zero-order valence-electron chi connectivity index (χ0n) is 12.6. The van der Waals surface area contributed by atoms with Crippen molar-refractivity contribution in [3.8, 4) is 17.1 Å². The van der Waals surface area contributed by atoms with Gasteiger partial charge in [-0.2, -0.15) is 4.52 Å². The van der Waals surface area contributed by atoms with Crippen molar-refractivity contribution in [2.75, 3.05) is 12.4 Å². The van der Waals surface area contributed by atoms with Gasteiger partial charge in [0.2, 0.25) is 10.1 Å². The van der Waals surface area contributed by atoms with E-state index in [1.54, 1.807) is 11.6 Å². The average Bonchev–Trinajstić information content (AvgIpc) is 3.17. The zero-order chi connectivity index (χ0) is 16.5. The first-order valence-electron chi connectivity index (χ1n) is 7.13. The summed E-state index contributed by atoms with van der Waals surface area (Å²) >= 11 is 7.32. The lowest BCUT2D eigenvalue weighted by Gasteiger charge is -2.05. The van der Waals surface area contributed by atoms with Crippen LogP contribution in [0.5, 0.6) is 5.75 Å². The summed E-state index contributed by atoms with van der Waals surface area (Å²) in [5.41, 5.74) is 1.75. The van der Waals surface area contributed by atoms with Gasteiger partial charge in [0.15, 0.2) is 5.82 Å². The van der Waals surface area contributed by atoms with Gasteiger partial charge in [-0.05, 0) is 36.4 Å². The van der Waals surface area contributed by atoms with Crippen LogP contribution in [0.15, 0.2) is 48.5 Å². The highest BCUT2D eigenvalue weighted by Crippen LogP contribution is 2.31. The summed E-state index contributed by atoms with van der Waals surface area (Å²) in [6, 6.07) is 15.1. The molecular formula is C16H12ClN5OS. The van der Waals surface area contributed by atoms with E-state index < -0.39 is 0 Å². The fourth-order valence-electron chi connectivity index (χ4n) is 2.32. The second kappa shape index (κ2) is 6.10. The molecular weight excluding hydrogens is 346 g/mol. The lowest BCUT2D eigenvalue weighted by atomic mass is 10.2. The fraction of sp³-hybridized carbons (Fsp3) is 0.0625. The van der Waals surface area contributed by atoms with Gasteiger partial charge in [-0.15, -0.1) is 15.3 Å². The van der Waals surface area contributed by atoms with Crippen molar-refractivity contribution >= 4 is 38.7 Å². The largest absolute Gasteiger partial charge is 0.496 e. The Bertz CT molecular complexity index is 995. The van der Waals surface area contributed by atoms with Gasteiger partial charge in [0.25, 0.3) is 0 Å². The molecule has 6 nitrogen and oxygen atoms in total. The third kappa shape index (κ3) is 2.68. The molecule has 0 fully saturated rings. The van der Waals surface area contributed by atoms with E-state index in [1.165, 1.54) is 11.3 Å². The third-order valence-corrected chi connectivity index (χ3v) is 4.50. The number of benzene rings is 2. The smallest absolute Gasteiger partial charge is 0.236 e. The molecule has 0 bridgehead atoms. The number of fused-ring (bicyclic) bond motifs is 1. The summed E-state index contributed by atoms with van der Waals surface area (Å²) in [4.78, 5) is 0.701. The Hall–Kier alpha value is -2.64. The molecule has 0 saturated carbocycles. The van der Waals surface area contributed by atoms with E-state index in [9.17, 15) is 0 Å². The van der Waals surface area contributed by atoms with E-state index in [0.717, 1.165) is 22.1 Å². The van der Waals surface area contributed by atoms with Crippen LogP contribution in [-0.4, -0.2) is 26.9 Å². The fourth-order valence-corrected chi connectivity index (χ4v) is 3.21. The van der Waals surface area contributed by atoms with Gasteiger partial charge in [-0.3, -0.25) is 0 Å². The van der Waals surface area contributed by atoms with Crippen molar-refractivity contribution < 1.29 is 4.74 Å². The van der Waals surface area contributed by atoms with Crippen molar-refractivity contribution in [2.45, 2.75) is 0 Å². The predicted octanol–water partition coefficient (Wildman–Crippen LogP) is 4.26. The van der Waals surface area contributed by atoms with Gasteiger partial charge in [-0.25, -0.2) is 0 Å². The molecule has 4 aromatic rings. The Kier molecular flexibility index (Phi) is 3.79. The molecule has 2 aromatic heterocycles. The molecule has 0 spiro atoms. The van der Waals surface area contributed by atoms with E-state index in [4.69, 9.17) is 16.3 Å². The number of aromatic nitrogens is 4. The highest BCUT2D eigenvalue weighted by molar-refractivity contribution is 7.20.